The van der Waals surface area contributed by atoms with Gasteiger partial charge >= 0.3 is 0 Å². The minimum Gasteiger partial charge on any atom is -0.382 e. The minimum atomic E-state index is 0.600. The van der Waals surface area contributed by atoms with Crippen LogP contribution in [0.5, 0.6) is 0 Å². The zero-order valence-electron chi connectivity index (χ0n) is 12.0. The van der Waals surface area contributed by atoms with Crippen LogP contribution in [0.1, 0.15) is 37.8 Å². The van der Waals surface area contributed by atoms with Crippen molar-refractivity contribution in [2.75, 3.05) is 25.5 Å². The lowest BCUT2D eigenvalue weighted by Gasteiger charge is -2.16. The third-order valence-electron chi connectivity index (χ3n) is 3.77. The van der Waals surface area contributed by atoms with Crippen LogP contribution < -0.4 is 5.32 Å². The summed E-state index contributed by atoms with van der Waals surface area (Å²) in [6.07, 6.45) is 4.94. The van der Waals surface area contributed by atoms with Crippen LogP contribution in [0.2, 0.25) is 0 Å². The summed E-state index contributed by atoms with van der Waals surface area (Å²) in [5.41, 5.74) is 4.31. The van der Waals surface area contributed by atoms with Gasteiger partial charge in [0, 0.05) is 18.3 Å². The fraction of sp³-hybridized carbons (Fsp3) is 0.625. The van der Waals surface area contributed by atoms with Gasteiger partial charge in [-0.25, -0.2) is 0 Å². The Morgan fingerprint density at radius 1 is 1.33 bits per heavy atom. The molecule has 1 aromatic rings. The van der Waals surface area contributed by atoms with Gasteiger partial charge in [0.05, 0.1) is 0 Å². The van der Waals surface area contributed by atoms with Gasteiger partial charge in [-0.3, -0.25) is 0 Å². The van der Waals surface area contributed by atoms with Crippen LogP contribution in [0.4, 0.5) is 5.69 Å². The monoisotopic (exact) mass is 246 g/mol. The third kappa shape index (κ3) is 3.49. The highest BCUT2D eigenvalue weighted by atomic mass is 15.1. The first-order chi connectivity index (χ1) is 8.69. The van der Waals surface area contributed by atoms with Gasteiger partial charge in [0.1, 0.15) is 0 Å². The zero-order valence-corrected chi connectivity index (χ0v) is 12.0. The maximum atomic E-state index is 3.51. The van der Waals surface area contributed by atoms with Crippen molar-refractivity contribution in [2.45, 2.75) is 45.6 Å². The molecule has 1 aliphatic rings. The molecule has 0 bridgehead atoms. The summed E-state index contributed by atoms with van der Waals surface area (Å²) >= 11 is 0. The van der Waals surface area contributed by atoms with Crippen molar-refractivity contribution in [2.24, 2.45) is 0 Å². The van der Waals surface area contributed by atoms with E-state index in [2.05, 4.69) is 49.3 Å². The van der Waals surface area contributed by atoms with Gasteiger partial charge in [0.2, 0.25) is 0 Å². The average Bonchev–Trinajstić information content (AvgIpc) is 2.73. The van der Waals surface area contributed by atoms with Crippen molar-refractivity contribution < 1.29 is 0 Å². The number of rotatable bonds is 6. The van der Waals surface area contributed by atoms with Gasteiger partial charge in [0.15, 0.2) is 0 Å². The number of nitrogens with zero attached hydrogens (tertiary/aromatic N) is 1. The van der Waals surface area contributed by atoms with Gasteiger partial charge in [-0.2, -0.15) is 0 Å². The van der Waals surface area contributed by atoms with E-state index >= 15 is 0 Å². The maximum absolute atomic E-state index is 3.51. The Kier molecular flexibility index (Phi) is 4.65. The molecule has 1 N–H and O–H groups in total. The van der Waals surface area contributed by atoms with Crippen LogP contribution in [-0.2, 0) is 12.8 Å². The normalized spacial score (nSPS) is 17.9. The molecule has 0 saturated heterocycles. The number of anilines is 1. The summed E-state index contributed by atoms with van der Waals surface area (Å²) in [6.45, 7) is 6.89. The van der Waals surface area contributed by atoms with E-state index in [-0.39, 0.29) is 0 Å². The lowest BCUT2D eigenvalue weighted by atomic mass is 10.0. The van der Waals surface area contributed by atoms with E-state index in [1.807, 2.05) is 0 Å². The summed E-state index contributed by atoms with van der Waals surface area (Å²) in [7, 11) is 2.23. The third-order valence-corrected chi connectivity index (χ3v) is 3.77. The first-order valence-electron chi connectivity index (χ1n) is 7.26. The molecule has 0 aliphatic carbocycles. The van der Waals surface area contributed by atoms with E-state index in [1.165, 1.54) is 55.6 Å². The van der Waals surface area contributed by atoms with Gasteiger partial charge < -0.3 is 10.2 Å². The smallest absolute Gasteiger partial charge is 0.0375 e. The zero-order chi connectivity index (χ0) is 13.0. The molecule has 1 heterocycles. The van der Waals surface area contributed by atoms with E-state index in [1.54, 1.807) is 0 Å². The van der Waals surface area contributed by atoms with Crippen LogP contribution >= 0.6 is 0 Å². The number of hydrogen-bond acceptors (Lipinski definition) is 2. The molecule has 100 valence electrons. The van der Waals surface area contributed by atoms with Gasteiger partial charge in [-0.1, -0.05) is 25.5 Å². The lowest BCUT2D eigenvalue weighted by Crippen LogP contribution is -2.22. The molecular formula is C16H26N2. The standard InChI is InChI=1S/C16H26N2/c1-4-5-9-18(3)10-8-14-6-7-16-15(12-14)11-13(2)17-16/h6-7,12-13,17H,4-5,8-11H2,1-3H3. The molecule has 1 atom stereocenters. The summed E-state index contributed by atoms with van der Waals surface area (Å²) < 4.78 is 0. The summed E-state index contributed by atoms with van der Waals surface area (Å²) in [5.74, 6) is 0. The van der Waals surface area contributed by atoms with E-state index in [4.69, 9.17) is 0 Å². The molecule has 0 aromatic heterocycles. The molecular weight excluding hydrogens is 220 g/mol. The highest BCUT2D eigenvalue weighted by molar-refractivity contribution is 5.57. The van der Waals surface area contributed by atoms with E-state index in [0.29, 0.717) is 6.04 Å². The van der Waals surface area contributed by atoms with Crippen LogP contribution in [0.3, 0.4) is 0 Å². The summed E-state index contributed by atoms with van der Waals surface area (Å²) in [4.78, 5) is 2.44. The first-order valence-corrected chi connectivity index (χ1v) is 7.26. The predicted octanol–water partition coefficient (Wildman–Crippen LogP) is 3.32. The number of fused-ring (bicyclic) bond motifs is 1. The van der Waals surface area contributed by atoms with E-state index < -0.39 is 0 Å². The minimum absolute atomic E-state index is 0.600. The summed E-state index contributed by atoms with van der Waals surface area (Å²) in [5, 5.41) is 3.51. The highest BCUT2D eigenvalue weighted by Gasteiger charge is 2.16. The molecule has 18 heavy (non-hydrogen) atoms. The Morgan fingerprint density at radius 2 is 2.17 bits per heavy atom. The number of benzene rings is 1. The van der Waals surface area contributed by atoms with Crippen molar-refractivity contribution in [1.29, 1.82) is 0 Å². The fourth-order valence-corrected chi connectivity index (χ4v) is 2.62. The number of hydrogen-bond donors (Lipinski definition) is 1. The molecule has 1 aliphatic heterocycles. The Labute approximate surface area is 111 Å². The number of likely N-dealkylation sites (N-methyl/N-ethyl adjacent to an activating group) is 1. The van der Waals surface area contributed by atoms with Crippen molar-refractivity contribution >= 4 is 5.69 Å². The Hall–Kier alpha value is -1.02. The van der Waals surface area contributed by atoms with E-state index in [9.17, 15) is 0 Å². The Morgan fingerprint density at radius 3 is 2.94 bits per heavy atom. The molecule has 0 fully saturated rings. The first kappa shape index (κ1) is 13.4. The van der Waals surface area contributed by atoms with Gasteiger partial charge in [-0.05, 0) is 57.0 Å². The molecule has 1 unspecified atom stereocenters. The van der Waals surface area contributed by atoms with Crippen LogP contribution in [-0.4, -0.2) is 31.1 Å². The molecule has 0 amide bonds. The van der Waals surface area contributed by atoms with Gasteiger partial charge in [-0.15, -0.1) is 0 Å². The molecule has 0 spiro atoms. The Balaban J connectivity index is 1.85. The van der Waals surface area contributed by atoms with Crippen molar-refractivity contribution in [1.82, 2.24) is 4.90 Å². The predicted molar refractivity (Wildman–Crippen MR) is 79.3 cm³/mol. The second-order valence-electron chi connectivity index (χ2n) is 5.65. The average molecular weight is 246 g/mol. The van der Waals surface area contributed by atoms with Crippen LogP contribution in [0, 0.1) is 0 Å². The topological polar surface area (TPSA) is 15.3 Å². The molecule has 2 rings (SSSR count). The second kappa shape index (κ2) is 6.24. The summed E-state index contributed by atoms with van der Waals surface area (Å²) in [6, 6.07) is 7.51. The molecule has 2 heteroatoms. The molecule has 1 aromatic carbocycles. The lowest BCUT2D eigenvalue weighted by molar-refractivity contribution is 0.332. The van der Waals surface area contributed by atoms with E-state index in [0.717, 1.165) is 0 Å². The van der Waals surface area contributed by atoms with Gasteiger partial charge in [0.25, 0.3) is 0 Å². The SMILES string of the molecule is CCCCN(C)CCc1ccc2c(c1)CC(C)N2. The number of nitrogens with one attached hydrogen (secondary N) is 1. The maximum Gasteiger partial charge on any atom is 0.0375 e. The van der Waals surface area contributed by atoms with Crippen LogP contribution in [0.15, 0.2) is 18.2 Å². The largest absolute Gasteiger partial charge is 0.382 e. The van der Waals surface area contributed by atoms with Crippen molar-refractivity contribution in [3.63, 3.8) is 0 Å². The number of unbranched alkanes of at least 4 members (excludes halogenated alkanes) is 1. The Bertz CT molecular complexity index is 387. The second-order valence-corrected chi connectivity index (χ2v) is 5.65. The van der Waals surface area contributed by atoms with Crippen molar-refractivity contribution in [3.8, 4) is 0 Å². The van der Waals surface area contributed by atoms with Crippen LogP contribution in [0.25, 0.3) is 0 Å². The fourth-order valence-electron chi connectivity index (χ4n) is 2.62. The molecule has 0 saturated carbocycles. The highest BCUT2D eigenvalue weighted by Crippen LogP contribution is 2.26. The quantitative estimate of drug-likeness (QED) is 0.828. The molecule has 2 nitrogen and oxygen atoms in total. The van der Waals surface area contributed by atoms with Crippen molar-refractivity contribution in [3.05, 3.63) is 29.3 Å². The molecule has 0 radical (unpaired) electrons.